The van der Waals surface area contributed by atoms with Gasteiger partial charge in [0.05, 0.1) is 26.1 Å². The topological polar surface area (TPSA) is 118 Å². The first-order chi connectivity index (χ1) is 14.6. The fourth-order valence-electron chi connectivity index (χ4n) is 2.59. The molecule has 11 heteroatoms. The molecule has 3 rings (SSSR count). The zero-order valence-corrected chi connectivity index (χ0v) is 18.3. The van der Waals surface area contributed by atoms with Crippen LogP contribution < -0.4 is 10.0 Å². The van der Waals surface area contributed by atoms with Crippen LogP contribution in [0.1, 0.15) is 15.9 Å². The molecule has 31 heavy (non-hydrogen) atoms. The van der Waals surface area contributed by atoms with Crippen molar-refractivity contribution in [3.8, 4) is 0 Å². The number of nitro groups is 1. The molecule has 3 aromatic rings. The van der Waals surface area contributed by atoms with Crippen LogP contribution in [0, 0.1) is 17.0 Å². The highest BCUT2D eigenvalue weighted by atomic mass is 35.5. The maximum atomic E-state index is 12.6. The zero-order valence-electron chi connectivity index (χ0n) is 15.9. The molecular formula is C20H15Cl2N3O5S. The number of benzene rings is 3. The molecule has 0 aromatic heterocycles. The largest absolute Gasteiger partial charge is 0.322 e. The standard InChI is InChI=1S/C20H15Cl2N3O5S/c1-12-2-3-14(10-18(12)21)24-31(29,30)16-7-4-13(5-8-16)23-20(26)17-9-6-15(25(27)28)11-19(17)22/h2-11,24H,1H3,(H,23,26). The van der Waals surface area contributed by atoms with Crippen LogP contribution in [0.2, 0.25) is 10.0 Å². The minimum absolute atomic E-state index is 0.0180. The predicted octanol–water partition coefficient (Wildman–Crippen LogP) is 5.26. The van der Waals surface area contributed by atoms with Gasteiger partial charge in [-0.05, 0) is 55.0 Å². The summed E-state index contributed by atoms with van der Waals surface area (Å²) in [7, 11) is -3.87. The number of amides is 1. The van der Waals surface area contributed by atoms with Gasteiger partial charge >= 0.3 is 0 Å². The first-order valence-electron chi connectivity index (χ1n) is 8.71. The molecule has 0 aliphatic rings. The Kier molecular flexibility index (Phi) is 6.49. The number of anilines is 2. The molecule has 0 spiro atoms. The Hall–Kier alpha value is -3.14. The number of carbonyl (C=O) groups excluding carboxylic acids is 1. The number of hydrogen-bond donors (Lipinski definition) is 2. The third-order valence-electron chi connectivity index (χ3n) is 4.25. The maximum absolute atomic E-state index is 12.6. The van der Waals surface area contributed by atoms with Crippen molar-refractivity contribution < 1.29 is 18.1 Å². The molecule has 8 nitrogen and oxygen atoms in total. The summed E-state index contributed by atoms with van der Waals surface area (Å²) in [6.45, 7) is 1.80. The van der Waals surface area contributed by atoms with Gasteiger partial charge in [-0.2, -0.15) is 0 Å². The number of sulfonamides is 1. The van der Waals surface area contributed by atoms with E-state index in [4.69, 9.17) is 23.2 Å². The van der Waals surface area contributed by atoms with Crippen molar-refractivity contribution in [2.45, 2.75) is 11.8 Å². The molecule has 0 bridgehead atoms. The monoisotopic (exact) mass is 479 g/mol. The van der Waals surface area contributed by atoms with Crippen molar-refractivity contribution >= 4 is 56.2 Å². The third kappa shape index (κ3) is 5.32. The van der Waals surface area contributed by atoms with Crippen molar-refractivity contribution in [3.05, 3.63) is 92.0 Å². The molecular weight excluding hydrogens is 465 g/mol. The lowest BCUT2D eigenvalue weighted by Gasteiger charge is -2.11. The lowest BCUT2D eigenvalue weighted by atomic mass is 10.2. The highest BCUT2D eigenvalue weighted by molar-refractivity contribution is 7.92. The van der Waals surface area contributed by atoms with Gasteiger partial charge in [-0.1, -0.05) is 29.3 Å². The molecule has 0 saturated heterocycles. The van der Waals surface area contributed by atoms with E-state index in [1.165, 1.54) is 42.5 Å². The van der Waals surface area contributed by atoms with E-state index >= 15 is 0 Å². The first-order valence-corrected chi connectivity index (χ1v) is 10.9. The molecule has 0 saturated carbocycles. The van der Waals surface area contributed by atoms with Crippen LogP contribution in [-0.2, 0) is 10.0 Å². The smallest absolute Gasteiger partial charge is 0.270 e. The fourth-order valence-corrected chi connectivity index (χ4v) is 4.08. The summed E-state index contributed by atoms with van der Waals surface area (Å²) < 4.78 is 27.6. The number of carbonyl (C=O) groups is 1. The van der Waals surface area contributed by atoms with Gasteiger partial charge in [0, 0.05) is 22.8 Å². The Balaban J connectivity index is 1.74. The van der Waals surface area contributed by atoms with Gasteiger partial charge in [0.25, 0.3) is 21.6 Å². The summed E-state index contributed by atoms with van der Waals surface area (Å²) in [5.74, 6) is -0.595. The minimum Gasteiger partial charge on any atom is -0.322 e. The molecule has 0 fully saturated rings. The second-order valence-electron chi connectivity index (χ2n) is 6.47. The Morgan fingerprint density at radius 1 is 0.935 bits per heavy atom. The number of nitro benzene ring substituents is 1. The molecule has 0 atom stereocenters. The van der Waals surface area contributed by atoms with E-state index in [-0.39, 0.29) is 21.2 Å². The van der Waals surface area contributed by atoms with Gasteiger partial charge in [0.2, 0.25) is 0 Å². The molecule has 0 radical (unpaired) electrons. The SMILES string of the molecule is Cc1ccc(NS(=O)(=O)c2ccc(NC(=O)c3ccc([N+](=O)[O-])cc3Cl)cc2)cc1Cl. The molecule has 0 aliphatic heterocycles. The number of hydrogen-bond acceptors (Lipinski definition) is 5. The van der Waals surface area contributed by atoms with E-state index in [9.17, 15) is 23.3 Å². The van der Waals surface area contributed by atoms with Gasteiger partial charge < -0.3 is 5.32 Å². The summed E-state index contributed by atoms with van der Waals surface area (Å²) in [6, 6.07) is 13.8. The summed E-state index contributed by atoms with van der Waals surface area (Å²) >= 11 is 12.0. The molecule has 3 aromatic carbocycles. The molecule has 2 N–H and O–H groups in total. The molecule has 0 heterocycles. The molecule has 0 aliphatic carbocycles. The van der Waals surface area contributed by atoms with Gasteiger partial charge in [-0.25, -0.2) is 8.42 Å². The molecule has 0 unspecified atom stereocenters. The zero-order chi connectivity index (χ0) is 22.8. The number of rotatable bonds is 6. The Morgan fingerprint density at radius 2 is 1.58 bits per heavy atom. The van der Waals surface area contributed by atoms with E-state index in [0.29, 0.717) is 16.4 Å². The van der Waals surface area contributed by atoms with Gasteiger partial charge in [0.1, 0.15) is 0 Å². The van der Waals surface area contributed by atoms with Crippen molar-refractivity contribution in [1.29, 1.82) is 0 Å². The lowest BCUT2D eigenvalue weighted by Crippen LogP contribution is -2.14. The van der Waals surface area contributed by atoms with E-state index in [1.54, 1.807) is 19.1 Å². The number of nitrogens with one attached hydrogen (secondary N) is 2. The van der Waals surface area contributed by atoms with Gasteiger partial charge in [-0.3, -0.25) is 19.6 Å². The molecule has 1 amide bonds. The number of non-ortho nitro benzene ring substituents is 1. The average molecular weight is 480 g/mol. The average Bonchev–Trinajstić information content (AvgIpc) is 2.70. The van der Waals surface area contributed by atoms with Crippen molar-refractivity contribution in [1.82, 2.24) is 0 Å². The second-order valence-corrected chi connectivity index (χ2v) is 8.97. The maximum Gasteiger partial charge on any atom is 0.270 e. The summed E-state index contributed by atoms with van der Waals surface area (Å²) in [6.07, 6.45) is 0. The Morgan fingerprint density at radius 3 is 2.16 bits per heavy atom. The second kappa shape index (κ2) is 8.93. The normalized spacial score (nSPS) is 11.1. The minimum atomic E-state index is -3.87. The van der Waals surface area contributed by atoms with E-state index < -0.39 is 20.9 Å². The highest BCUT2D eigenvalue weighted by Crippen LogP contribution is 2.25. The van der Waals surface area contributed by atoms with Crippen molar-refractivity contribution in [2.75, 3.05) is 10.0 Å². The van der Waals surface area contributed by atoms with E-state index in [2.05, 4.69) is 10.0 Å². The van der Waals surface area contributed by atoms with Crippen LogP contribution in [0.25, 0.3) is 0 Å². The fraction of sp³-hybridized carbons (Fsp3) is 0.0500. The summed E-state index contributed by atoms with van der Waals surface area (Å²) in [5, 5.41) is 13.7. The number of aryl methyl sites for hydroxylation is 1. The van der Waals surface area contributed by atoms with E-state index in [0.717, 1.165) is 11.6 Å². The van der Waals surface area contributed by atoms with Crippen LogP contribution >= 0.6 is 23.2 Å². The Labute approximate surface area is 188 Å². The summed E-state index contributed by atoms with van der Waals surface area (Å²) in [4.78, 5) is 22.5. The summed E-state index contributed by atoms with van der Waals surface area (Å²) in [5.41, 5.74) is 1.26. The van der Waals surface area contributed by atoms with Crippen LogP contribution in [0.15, 0.2) is 65.6 Å². The van der Waals surface area contributed by atoms with Crippen molar-refractivity contribution in [3.63, 3.8) is 0 Å². The van der Waals surface area contributed by atoms with Crippen molar-refractivity contribution in [2.24, 2.45) is 0 Å². The first kappa shape index (κ1) is 22.5. The van der Waals surface area contributed by atoms with Crippen LogP contribution in [0.4, 0.5) is 17.1 Å². The number of halogens is 2. The highest BCUT2D eigenvalue weighted by Gasteiger charge is 2.17. The van der Waals surface area contributed by atoms with Crippen LogP contribution in [0.3, 0.4) is 0 Å². The lowest BCUT2D eigenvalue weighted by molar-refractivity contribution is -0.384. The number of nitrogens with zero attached hydrogens (tertiary/aromatic N) is 1. The van der Waals surface area contributed by atoms with E-state index in [1.807, 2.05) is 0 Å². The Bertz CT molecular complexity index is 1280. The quantitative estimate of drug-likeness (QED) is 0.368. The van der Waals surface area contributed by atoms with Crippen LogP contribution in [-0.4, -0.2) is 19.2 Å². The predicted molar refractivity (Wildman–Crippen MR) is 119 cm³/mol. The third-order valence-corrected chi connectivity index (χ3v) is 6.37. The van der Waals surface area contributed by atoms with Gasteiger partial charge in [-0.15, -0.1) is 0 Å². The van der Waals surface area contributed by atoms with Crippen LogP contribution in [0.5, 0.6) is 0 Å². The molecule has 160 valence electrons. The van der Waals surface area contributed by atoms with Gasteiger partial charge in [0.15, 0.2) is 0 Å².